The summed E-state index contributed by atoms with van der Waals surface area (Å²) in [6.45, 7) is 4.20. The van der Waals surface area contributed by atoms with E-state index in [0.29, 0.717) is 10.6 Å². The summed E-state index contributed by atoms with van der Waals surface area (Å²) in [7, 11) is 4.98. The van der Waals surface area contributed by atoms with Gasteiger partial charge in [-0.15, -0.1) is 11.3 Å². The number of anilines is 1. The number of likely N-dealkylation sites (N-methyl/N-ethyl adjacent to an activating group) is 1. The van der Waals surface area contributed by atoms with Gasteiger partial charge in [0.05, 0.1) is 19.2 Å². The zero-order valence-corrected chi connectivity index (χ0v) is 12.8. The molecule has 0 bridgehead atoms. The Morgan fingerprint density at radius 1 is 1.37 bits per heavy atom. The van der Waals surface area contributed by atoms with Crippen molar-refractivity contribution >= 4 is 28.2 Å². The van der Waals surface area contributed by atoms with Crippen LogP contribution in [-0.2, 0) is 16.0 Å². The second-order valence-corrected chi connectivity index (χ2v) is 5.70. The Balaban J connectivity index is 3.06. The van der Waals surface area contributed by atoms with Crippen molar-refractivity contribution in [2.75, 3.05) is 33.1 Å². The van der Waals surface area contributed by atoms with Crippen LogP contribution >= 0.6 is 11.3 Å². The minimum atomic E-state index is -0.402. The molecule has 0 fully saturated rings. The zero-order chi connectivity index (χ0) is 14.6. The first-order valence-corrected chi connectivity index (χ1v) is 6.87. The van der Waals surface area contributed by atoms with Crippen LogP contribution in [0.5, 0.6) is 0 Å². The van der Waals surface area contributed by atoms with Gasteiger partial charge in [-0.3, -0.25) is 4.79 Å². The van der Waals surface area contributed by atoms with Crippen LogP contribution in [-0.4, -0.2) is 44.5 Å². The highest BCUT2D eigenvalue weighted by Gasteiger charge is 2.22. The fourth-order valence-corrected chi connectivity index (χ4v) is 3.01. The average molecular weight is 284 g/mol. The number of nitrogens with zero attached hydrogens (tertiary/aromatic N) is 1. The minimum absolute atomic E-state index is 0.140. The van der Waals surface area contributed by atoms with Gasteiger partial charge in [-0.1, -0.05) is 6.92 Å². The van der Waals surface area contributed by atoms with Crippen LogP contribution in [0.3, 0.4) is 0 Å². The predicted molar refractivity (Wildman–Crippen MR) is 77.0 cm³/mol. The predicted octanol–water partition coefficient (Wildman–Crippen LogP) is 1.91. The maximum Gasteiger partial charge on any atom is 0.341 e. The number of carbonyl (C=O) groups is 2. The molecule has 0 unspecified atom stereocenters. The van der Waals surface area contributed by atoms with Crippen LogP contribution in [0.15, 0.2) is 0 Å². The molecule has 0 aliphatic rings. The molecule has 0 radical (unpaired) electrons. The Kier molecular flexibility index (Phi) is 5.50. The summed E-state index contributed by atoms with van der Waals surface area (Å²) >= 11 is 1.41. The molecule has 1 N–H and O–H groups in total. The van der Waals surface area contributed by atoms with Crippen molar-refractivity contribution in [3.8, 4) is 0 Å². The Hall–Kier alpha value is -1.40. The molecule has 0 atom stereocenters. The van der Waals surface area contributed by atoms with E-state index in [9.17, 15) is 9.59 Å². The number of amides is 1. The third kappa shape index (κ3) is 3.78. The first-order chi connectivity index (χ1) is 8.90. The molecule has 0 aliphatic carbocycles. The summed E-state index contributed by atoms with van der Waals surface area (Å²) in [5, 5.41) is 3.37. The summed E-state index contributed by atoms with van der Waals surface area (Å²) in [4.78, 5) is 26.5. The highest BCUT2D eigenvalue weighted by Crippen LogP contribution is 2.33. The SMILES string of the molecule is CCc1c(C)sc(NC(=O)CN(C)C)c1C(=O)OC. The smallest absolute Gasteiger partial charge is 0.341 e. The molecular weight excluding hydrogens is 264 g/mol. The average Bonchev–Trinajstić information content (AvgIpc) is 2.62. The van der Waals surface area contributed by atoms with Crippen molar-refractivity contribution in [2.45, 2.75) is 20.3 Å². The molecule has 1 heterocycles. The van der Waals surface area contributed by atoms with Crippen molar-refractivity contribution in [1.29, 1.82) is 0 Å². The van der Waals surface area contributed by atoms with Crippen LogP contribution in [0.4, 0.5) is 5.00 Å². The first-order valence-electron chi connectivity index (χ1n) is 6.05. The van der Waals surface area contributed by atoms with Crippen molar-refractivity contribution in [3.63, 3.8) is 0 Å². The summed E-state index contributed by atoms with van der Waals surface area (Å²) < 4.78 is 4.80. The zero-order valence-electron chi connectivity index (χ0n) is 12.0. The molecular formula is C13H20N2O3S. The normalized spacial score (nSPS) is 10.6. The van der Waals surface area contributed by atoms with E-state index in [2.05, 4.69) is 5.32 Å². The third-order valence-electron chi connectivity index (χ3n) is 2.66. The Bertz CT molecular complexity index is 480. The molecule has 1 rings (SSSR count). The fourth-order valence-electron chi connectivity index (χ4n) is 1.86. The molecule has 1 amide bonds. The monoisotopic (exact) mass is 284 g/mol. The first kappa shape index (κ1) is 15.7. The third-order valence-corrected chi connectivity index (χ3v) is 3.73. The van der Waals surface area contributed by atoms with Crippen LogP contribution in [0, 0.1) is 6.92 Å². The largest absolute Gasteiger partial charge is 0.465 e. The molecule has 19 heavy (non-hydrogen) atoms. The number of carbonyl (C=O) groups excluding carboxylic acids is 2. The number of methoxy groups -OCH3 is 1. The lowest BCUT2D eigenvalue weighted by atomic mass is 10.1. The van der Waals surface area contributed by atoms with E-state index in [0.717, 1.165) is 16.9 Å². The summed E-state index contributed by atoms with van der Waals surface area (Å²) in [6.07, 6.45) is 0.732. The number of thiophene rings is 1. The molecule has 1 aromatic heterocycles. The van der Waals surface area contributed by atoms with Crippen LogP contribution < -0.4 is 5.32 Å². The van der Waals surface area contributed by atoms with E-state index in [1.807, 2.05) is 27.9 Å². The Morgan fingerprint density at radius 2 is 2.00 bits per heavy atom. The molecule has 6 heteroatoms. The molecule has 0 saturated carbocycles. The van der Waals surface area contributed by atoms with Gasteiger partial charge in [-0.25, -0.2) is 4.79 Å². The van der Waals surface area contributed by atoms with Gasteiger partial charge in [0.25, 0.3) is 0 Å². The molecule has 0 aliphatic heterocycles. The van der Waals surface area contributed by atoms with E-state index < -0.39 is 5.97 Å². The molecule has 5 nitrogen and oxygen atoms in total. The number of hydrogen-bond acceptors (Lipinski definition) is 5. The van der Waals surface area contributed by atoms with Gasteiger partial charge in [-0.05, 0) is 33.0 Å². The standard InChI is InChI=1S/C13H20N2O3S/c1-6-9-8(2)19-12(11(9)13(17)18-5)14-10(16)7-15(3)4/h6-7H2,1-5H3,(H,14,16). The topological polar surface area (TPSA) is 58.6 Å². The highest BCUT2D eigenvalue weighted by atomic mass is 32.1. The second kappa shape index (κ2) is 6.68. The van der Waals surface area contributed by atoms with Gasteiger partial charge in [0.1, 0.15) is 5.00 Å². The second-order valence-electron chi connectivity index (χ2n) is 4.47. The fraction of sp³-hybridized carbons (Fsp3) is 0.538. The summed E-state index contributed by atoms with van der Waals surface area (Å²) in [6, 6.07) is 0. The van der Waals surface area contributed by atoms with E-state index in [4.69, 9.17) is 4.74 Å². The quantitative estimate of drug-likeness (QED) is 0.839. The van der Waals surface area contributed by atoms with Crippen LogP contribution in [0.25, 0.3) is 0 Å². The Morgan fingerprint density at radius 3 is 2.47 bits per heavy atom. The van der Waals surface area contributed by atoms with Gasteiger partial charge in [-0.2, -0.15) is 0 Å². The molecule has 0 spiro atoms. The maximum absolute atomic E-state index is 11.9. The van der Waals surface area contributed by atoms with Crippen LogP contribution in [0.2, 0.25) is 0 Å². The van der Waals surface area contributed by atoms with E-state index >= 15 is 0 Å². The highest BCUT2D eigenvalue weighted by molar-refractivity contribution is 7.16. The van der Waals surface area contributed by atoms with Crippen molar-refractivity contribution in [1.82, 2.24) is 4.90 Å². The van der Waals surface area contributed by atoms with E-state index in [1.165, 1.54) is 18.4 Å². The molecule has 1 aromatic rings. The minimum Gasteiger partial charge on any atom is -0.465 e. The van der Waals surface area contributed by atoms with Gasteiger partial charge in [0, 0.05) is 4.88 Å². The number of rotatable bonds is 5. The number of esters is 1. The molecule has 0 saturated heterocycles. The lowest BCUT2D eigenvalue weighted by Gasteiger charge is -2.10. The molecule has 0 aromatic carbocycles. The van der Waals surface area contributed by atoms with Gasteiger partial charge >= 0.3 is 5.97 Å². The van der Waals surface area contributed by atoms with E-state index in [-0.39, 0.29) is 12.5 Å². The van der Waals surface area contributed by atoms with E-state index in [1.54, 1.807) is 4.90 Å². The summed E-state index contributed by atoms with van der Waals surface area (Å²) in [5.74, 6) is -0.541. The number of ether oxygens (including phenoxy) is 1. The van der Waals surface area contributed by atoms with Crippen molar-refractivity contribution in [3.05, 3.63) is 16.0 Å². The lowest BCUT2D eigenvalue weighted by Crippen LogP contribution is -2.27. The maximum atomic E-state index is 11.9. The lowest BCUT2D eigenvalue weighted by molar-refractivity contribution is -0.116. The Labute approximate surface area is 117 Å². The van der Waals surface area contributed by atoms with Gasteiger partial charge in [0.15, 0.2) is 0 Å². The number of aryl methyl sites for hydroxylation is 1. The van der Waals surface area contributed by atoms with Crippen LogP contribution in [0.1, 0.15) is 27.7 Å². The number of hydrogen-bond donors (Lipinski definition) is 1. The number of nitrogens with one attached hydrogen (secondary N) is 1. The van der Waals surface area contributed by atoms with Crippen molar-refractivity contribution < 1.29 is 14.3 Å². The van der Waals surface area contributed by atoms with Gasteiger partial charge < -0.3 is 15.0 Å². The van der Waals surface area contributed by atoms with Gasteiger partial charge in [0.2, 0.25) is 5.91 Å². The van der Waals surface area contributed by atoms with Crippen molar-refractivity contribution in [2.24, 2.45) is 0 Å². The summed E-state index contributed by atoms with van der Waals surface area (Å²) in [5.41, 5.74) is 1.43. The molecule has 106 valence electrons.